The second-order valence-corrected chi connectivity index (χ2v) is 6.51. The summed E-state index contributed by atoms with van der Waals surface area (Å²) in [7, 11) is -3.43. The van der Waals surface area contributed by atoms with Crippen molar-refractivity contribution in [1.82, 2.24) is 4.72 Å². The van der Waals surface area contributed by atoms with E-state index in [1.165, 1.54) is 12.1 Å². The van der Waals surface area contributed by atoms with E-state index in [1.807, 2.05) is 6.92 Å². The molecule has 0 amide bonds. The molecule has 1 rings (SSSR count). The number of benzene rings is 1. The predicted molar refractivity (Wildman–Crippen MR) is 73.4 cm³/mol. The minimum Gasteiger partial charge on any atom is -0.324 e. The average Bonchev–Trinajstić information content (AvgIpc) is 2.36. The van der Waals surface area contributed by atoms with Crippen molar-refractivity contribution in [3.63, 3.8) is 0 Å². The lowest BCUT2D eigenvalue weighted by atomic mass is 9.99. The molecule has 0 saturated carbocycles. The molecule has 0 radical (unpaired) electrons. The summed E-state index contributed by atoms with van der Waals surface area (Å²) in [4.78, 5) is 0.248. The maximum absolute atomic E-state index is 12.0. The molecule has 0 bridgehead atoms. The zero-order valence-corrected chi connectivity index (χ0v) is 11.8. The number of hydrogen-bond acceptors (Lipinski definition) is 4. The minimum atomic E-state index is -3.43. The highest BCUT2D eigenvalue weighted by Crippen LogP contribution is 2.14. The van der Waals surface area contributed by atoms with Gasteiger partial charge in [-0.2, -0.15) is 0 Å². The Bertz CT molecular complexity index is 469. The fraction of sp³-hybridized carbons (Fsp3) is 0.500. The van der Waals surface area contributed by atoms with Gasteiger partial charge in [0.2, 0.25) is 10.0 Å². The van der Waals surface area contributed by atoms with Gasteiger partial charge in [-0.25, -0.2) is 13.1 Å². The summed E-state index contributed by atoms with van der Waals surface area (Å²) < 4.78 is 26.6. The lowest BCUT2D eigenvalue weighted by Crippen LogP contribution is -2.30. The molecule has 0 saturated heterocycles. The van der Waals surface area contributed by atoms with E-state index in [9.17, 15) is 8.42 Å². The molecule has 1 atom stereocenters. The zero-order valence-electron chi connectivity index (χ0n) is 11.0. The van der Waals surface area contributed by atoms with Gasteiger partial charge in [-0.1, -0.05) is 20.8 Å². The summed E-state index contributed by atoms with van der Waals surface area (Å²) in [5.74, 6) is 5.96. The van der Waals surface area contributed by atoms with Gasteiger partial charge in [0.05, 0.1) is 4.90 Å². The first-order chi connectivity index (χ1) is 8.36. The molecule has 0 spiro atoms. The molecule has 5 nitrogen and oxygen atoms in total. The Labute approximate surface area is 109 Å². The fourth-order valence-electron chi connectivity index (χ4n) is 1.29. The highest BCUT2D eigenvalue weighted by Gasteiger charge is 2.16. The molecule has 0 aliphatic carbocycles. The van der Waals surface area contributed by atoms with Gasteiger partial charge in [-0.05, 0) is 36.1 Å². The van der Waals surface area contributed by atoms with E-state index < -0.39 is 10.0 Å². The van der Waals surface area contributed by atoms with E-state index in [0.717, 1.165) is 0 Å². The van der Waals surface area contributed by atoms with Crippen LogP contribution in [0.1, 0.15) is 20.8 Å². The number of anilines is 1. The summed E-state index contributed by atoms with van der Waals surface area (Å²) in [5.41, 5.74) is 3.13. The van der Waals surface area contributed by atoms with Gasteiger partial charge in [0.25, 0.3) is 0 Å². The smallest absolute Gasteiger partial charge is 0.240 e. The van der Waals surface area contributed by atoms with Crippen LogP contribution in [0.4, 0.5) is 5.69 Å². The van der Waals surface area contributed by atoms with Crippen LogP contribution in [0.2, 0.25) is 0 Å². The summed E-state index contributed by atoms with van der Waals surface area (Å²) in [6, 6.07) is 6.30. The van der Waals surface area contributed by atoms with Crippen LogP contribution in [0, 0.1) is 11.8 Å². The molecule has 0 aromatic heterocycles. The third-order valence-corrected chi connectivity index (χ3v) is 4.50. The molecule has 1 aromatic rings. The Balaban J connectivity index is 2.73. The third kappa shape index (κ3) is 3.97. The molecule has 4 N–H and O–H groups in total. The molecular weight excluding hydrogens is 250 g/mol. The average molecular weight is 271 g/mol. The van der Waals surface area contributed by atoms with Crippen LogP contribution in [0.25, 0.3) is 0 Å². The molecular formula is C12H21N3O2S. The SMILES string of the molecule is CC(C)C(C)CNS(=O)(=O)c1ccc(NN)cc1. The lowest BCUT2D eigenvalue weighted by molar-refractivity contribution is 0.414. The zero-order chi connectivity index (χ0) is 13.8. The number of hydrogen-bond donors (Lipinski definition) is 3. The van der Waals surface area contributed by atoms with Gasteiger partial charge >= 0.3 is 0 Å². The molecule has 102 valence electrons. The van der Waals surface area contributed by atoms with Crippen molar-refractivity contribution in [2.24, 2.45) is 17.7 Å². The van der Waals surface area contributed by atoms with E-state index in [0.29, 0.717) is 24.1 Å². The number of nitrogens with two attached hydrogens (primary N) is 1. The van der Waals surface area contributed by atoms with E-state index in [1.54, 1.807) is 12.1 Å². The fourth-order valence-corrected chi connectivity index (χ4v) is 2.43. The largest absolute Gasteiger partial charge is 0.324 e. The molecule has 0 aliphatic heterocycles. The number of sulfonamides is 1. The predicted octanol–water partition coefficient (Wildman–Crippen LogP) is 1.54. The van der Waals surface area contributed by atoms with Crippen molar-refractivity contribution in [1.29, 1.82) is 0 Å². The highest BCUT2D eigenvalue weighted by molar-refractivity contribution is 7.89. The number of hydrazine groups is 1. The van der Waals surface area contributed by atoms with E-state index >= 15 is 0 Å². The quantitative estimate of drug-likeness (QED) is 0.541. The first kappa shape index (κ1) is 14.9. The van der Waals surface area contributed by atoms with Gasteiger partial charge in [-0.15, -0.1) is 0 Å². The van der Waals surface area contributed by atoms with Crippen molar-refractivity contribution in [2.45, 2.75) is 25.7 Å². The van der Waals surface area contributed by atoms with Gasteiger partial charge in [0.15, 0.2) is 0 Å². The van der Waals surface area contributed by atoms with E-state index in [2.05, 4.69) is 24.0 Å². The Morgan fingerprint density at radius 3 is 2.17 bits per heavy atom. The molecule has 1 unspecified atom stereocenters. The second kappa shape index (κ2) is 6.17. The maximum atomic E-state index is 12.0. The van der Waals surface area contributed by atoms with Crippen LogP contribution in [0.3, 0.4) is 0 Å². The highest BCUT2D eigenvalue weighted by atomic mass is 32.2. The van der Waals surface area contributed by atoms with Crippen molar-refractivity contribution in [2.75, 3.05) is 12.0 Å². The third-order valence-electron chi connectivity index (χ3n) is 3.06. The number of nitrogen functional groups attached to an aromatic ring is 1. The summed E-state index contributed by atoms with van der Waals surface area (Å²) >= 11 is 0. The van der Waals surface area contributed by atoms with Gasteiger partial charge in [0, 0.05) is 12.2 Å². The standard InChI is InChI=1S/C12H21N3O2S/c1-9(2)10(3)8-14-18(16,17)12-6-4-11(15-13)5-7-12/h4-7,9-10,14-15H,8,13H2,1-3H3. The maximum Gasteiger partial charge on any atom is 0.240 e. The summed E-state index contributed by atoms with van der Waals surface area (Å²) in [5, 5.41) is 0. The first-order valence-electron chi connectivity index (χ1n) is 5.93. The van der Waals surface area contributed by atoms with Crippen molar-refractivity contribution < 1.29 is 8.42 Å². The van der Waals surface area contributed by atoms with Crippen molar-refractivity contribution in [3.05, 3.63) is 24.3 Å². The molecule has 0 aliphatic rings. The van der Waals surface area contributed by atoms with Crippen LogP contribution in [-0.2, 0) is 10.0 Å². The monoisotopic (exact) mass is 271 g/mol. The van der Waals surface area contributed by atoms with Crippen LogP contribution in [-0.4, -0.2) is 15.0 Å². The molecule has 1 aromatic carbocycles. The molecule has 0 heterocycles. The van der Waals surface area contributed by atoms with Gasteiger partial charge in [0.1, 0.15) is 0 Å². The summed E-state index contributed by atoms with van der Waals surface area (Å²) in [6.07, 6.45) is 0. The Hall–Kier alpha value is -1.11. The Morgan fingerprint density at radius 2 is 1.72 bits per heavy atom. The van der Waals surface area contributed by atoms with Crippen LogP contribution in [0.15, 0.2) is 29.2 Å². The van der Waals surface area contributed by atoms with Crippen molar-refractivity contribution in [3.8, 4) is 0 Å². The molecule has 6 heteroatoms. The number of rotatable bonds is 6. The summed E-state index contributed by atoms with van der Waals surface area (Å²) in [6.45, 7) is 6.60. The first-order valence-corrected chi connectivity index (χ1v) is 7.41. The van der Waals surface area contributed by atoms with Crippen LogP contribution < -0.4 is 16.0 Å². The van der Waals surface area contributed by atoms with Crippen LogP contribution in [0.5, 0.6) is 0 Å². The van der Waals surface area contributed by atoms with E-state index in [4.69, 9.17) is 5.84 Å². The van der Waals surface area contributed by atoms with E-state index in [-0.39, 0.29) is 4.90 Å². The normalized spacial score (nSPS) is 13.6. The number of nitrogens with one attached hydrogen (secondary N) is 2. The Kier molecular flexibility index (Phi) is 5.13. The van der Waals surface area contributed by atoms with Gasteiger partial charge < -0.3 is 5.43 Å². The van der Waals surface area contributed by atoms with Crippen LogP contribution >= 0.6 is 0 Å². The molecule has 0 fully saturated rings. The topological polar surface area (TPSA) is 84.2 Å². The van der Waals surface area contributed by atoms with Gasteiger partial charge in [-0.3, -0.25) is 5.84 Å². The van der Waals surface area contributed by atoms with Crippen molar-refractivity contribution >= 4 is 15.7 Å². The second-order valence-electron chi connectivity index (χ2n) is 4.74. The lowest BCUT2D eigenvalue weighted by Gasteiger charge is -2.16. The Morgan fingerprint density at radius 1 is 1.17 bits per heavy atom. The molecule has 18 heavy (non-hydrogen) atoms. The minimum absolute atomic E-state index is 0.248.